The fourth-order valence-corrected chi connectivity index (χ4v) is 2.39. The molecule has 0 saturated carbocycles. The van der Waals surface area contributed by atoms with Crippen LogP contribution < -0.4 is 10.1 Å². The van der Waals surface area contributed by atoms with Crippen molar-refractivity contribution >= 4 is 17.3 Å². The number of nitrogens with zero attached hydrogens (tertiary/aromatic N) is 5. The molecule has 0 bridgehead atoms. The van der Waals surface area contributed by atoms with Gasteiger partial charge in [0.25, 0.3) is 11.6 Å². The minimum absolute atomic E-state index is 0.0236. The SMILES string of the molecule is COc1ccc([N+](=O)[O-])c(C(=O)Nc2ccc(F)c(-n3nnnc3C)c2)c1. The summed E-state index contributed by atoms with van der Waals surface area (Å²) >= 11 is 0. The van der Waals surface area contributed by atoms with Crippen LogP contribution in [0.2, 0.25) is 0 Å². The van der Waals surface area contributed by atoms with E-state index in [2.05, 4.69) is 20.8 Å². The van der Waals surface area contributed by atoms with Crippen molar-refractivity contribution in [2.24, 2.45) is 0 Å². The predicted octanol–water partition coefficient (Wildman–Crippen LogP) is 2.28. The maximum absolute atomic E-state index is 14.1. The second-order valence-electron chi connectivity index (χ2n) is 5.40. The van der Waals surface area contributed by atoms with Gasteiger partial charge in [0.2, 0.25) is 0 Å². The number of nitro benzene ring substituents is 1. The average molecular weight is 372 g/mol. The Bertz CT molecular complexity index is 1040. The molecule has 3 aromatic rings. The normalized spacial score (nSPS) is 10.5. The fourth-order valence-electron chi connectivity index (χ4n) is 2.39. The number of aromatic nitrogens is 4. The highest BCUT2D eigenvalue weighted by atomic mass is 19.1. The summed E-state index contributed by atoms with van der Waals surface area (Å²) in [5.74, 6) is -0.710. The third-order valence-corrected chi connectivity index (χ3v) is 3.70. The van der Waals surface area contributed by atoms with Gasteiger partial charge in [0.15, 0.2) is 5.82 Å². The number of benzene rings is 2. The number of carbonyl (C=O) groups is 1. The van der Waals surface area contributed by atoms with E-state index >= 15 is 0 Å². The van der Waals surface area contributed by atoms with Gasteiger partial charge < -0.3 is 10.1 Å². The van der Waals surface area contributed by atoms with Crippen LogP contribution in [0, 0.1) is 22.9 Å². The first-order valence-corrected chi connectivity index (χ1v) is 7.59. The molecule has 138 valence electrons. The third-order valence-electron chi connectivity index (χ3n) is 3.70. The summed E-state index contributed by atoms with van der Waals surface area (Å²) in [4.78, 5) is 23.1. The molecule has 0 fully saturated rings. The molecule has 1 N–H and O–H groups in total. The number of halogens is 1. The van der Waals surface area contributed by atoms with Gasteiger partial charge in [0.05, 0.1) is 12.0 Å². The Hall–Kier alpha value is -3.89. The molecule has 27 heavy (non-hydrogen) atoms. The van der Waals surface area contributed by atoms with Crippen LogP contribution >= 0.6 is 0 Å². The van der Waals surface area contributed by atoms with E-state index in [-0.39, 0.29) is 28.4 Å². The Balaban J connectivity index is 1.96. The summed E-state index contributed by atoms with van der Waals surface area (Å²) < 4.78 is 20.3. The van der Waals surface area contributed by atoms with Gasteiger partial charge in [-0.15, -0.1) is 5.10 Å². The number of carbonyl (C=O) groups excluding carboxylic acids is 1. The highest BCUT2D eigenvalue weighted by Gasteiger charge is 2.22. The van der Waals surface area contributed by atoms with Crippen molar-refractivity contribution < 1.29 is 18.8 Å². The van der Waals surface area contributed by atoms with Crippen LogP contribution in [-0.2, 0) is 0 Å². The Morgan fingerprint density at radius 2 is 2.07 bits per heavy atom. The van der Waals surface area contributed by atoms with E-state index in [1.54, 1.807) is 6.92 Å². The molecule has 0 aliphatic carbocycles. The van der Waals surface area contributed by atoms with Gasteiger partial charge in [-0.05, 0) is 47.7 Å². The standard InChI is InChI=1S/C16H13FN6O4/c1-9-19-20-21-22(9)15-7-10(3-5-13(15)17)18-16(24)12-8-11(27-2)4-6-14(12)23(25)26/h3-8H,1-2H3,(H,18,24). The summed E-state index contributed by atoms with van der Waals surface area (Å²) in [5.41, 5.74) is -0.338. The molecule has 0 atom stereocenters. The number of tetrazole rings is 1. The van der Waals surface area contributed by atoms with Crippen LogP contribution in [0.3, 0.4) is 0 Å². The van der Waals surface area contributed by atoms with Crippen molar-refractivity contribution in [2.45, 2.75) is 6.92 Å². The van der Waals surface area contributed by atoms with E-state index in [9.17, 15) is 19.3 Å². The topological polar surface area (TPSA) is 125 Å². The molecule has 0 radical (unpaired) electrons. The summed E-state index contributed by atoms with van der Waals surface area (Å²) in [7, 11) is 1.38. The monoisotopic (exact) mass is 372 g/mol. The molecule has 0 unspecified atom stereocenters. The number of hydrogen-bond acceptors (Lipinski definition) is 7. The van der Waals surface area contributed by atoms with Gasteiger partial charge in [-0.25, -0.2) is 4.39 Å². The van der Waals surface area contributed by atoms with E-state index in [4.69, 9.17) is 4.74 Å². The first-order valence-electron chi connectivity index (χ1n) is 7.59. The van der Waals surface area contributed by atoms with Gasteiger partial charge in [-0.3, -0.25) is 14.9 Å². The number of ether oxygens (including phenoxy) is 1. The van der Waals surface area contributed by atoms with Gasteiger partial charge in [0, 0.05) is 11.8 Å². The first kappa shape index (κ1) is 17.9. The molecule has 0 aliphatic rings. The molecule has 1 heterocycles. The summed E-state index contributed by atoms with van der Waals surface area (Å²) in [6, 6.07) is 7.58. The maximum atomic E-state index is 14.1. The Labute approximate surface area is 151 Å². The van der Waals surface area contributed by atoms with Crippen LogP contribution in [0.5, 0.6) is 5.75 Å². The lowest BCUT2D eigenvalue weighted by Crippen LogP contribution is -2.15. The molecule has 10 nitrogen and oxygen atoms in total. The zero-order valence-electron chi connectivity index (χ0n) is 14.2. The zero-order chi connectivity index (χ0) is 19.6. The molecular formula is C16H13FN6O4. The van der Waals surface area contributed by atoms with Crippen LogP contribution in [0.1, 0.15) is 16.2 Å². The first-order chi connectivity index (χ1) is 12.9. The van der Waals surface area contributed by atoms with Crippen LogP contribution in [-0.4, -0.2) is 38.1 Å². The summed E-state index contributed by atoms with van der Waals surface area (Å²) in [5, 5.41) is 24.5. The number of hydrogen-bond donors (Lipinski definition) is 1. The highest BCUT2D eigenvalue weighted by Crippen LogP contribution is 2.26. The second kappa shape index (κ2) is 7.15. The number of methoxy groups -OCH3 is 1. The molecule has 1 amide bonds. The number of anilines is 1. The van der Waals surface area contributed by atoms with E-state index in [1.807, 2.05) is 0 Å². The molecule has 11 heteroatoms. The van der Waals surface area contributed by atoms with E-state index in [0.29, 0.717) is 5.82 Å². The van der Waals surface area contributed by atoms with Gasteiger partial charge >= 0.3 is 0 Å². The maximum Gasteiger partial charge on any atom is 0.282 e. The number of nitro groups is 1. The van der Waals surface area contributed by atoms with Crippen molar-refractivity contribution in [3.8, 4) is 11.4 Å². The largest absolute Gasteiger partial charge is 0.497 e. The highest BCUT2D eigenvalue weighted by molar-refractivity contribution is 6.07. The Morgan fingerprint density at radius 1 is 1.30 bits per heavy atom. The third kappa shape index (κ3) is 3.56. The fraction of sp³-hybridized carbons (Fsp3) is 0.125. The lowest BCUT2D eigenvalue weighted by Gasteiger charge is -2.10. The molecule has 0 spiro atoms. The molecule has 0 saturated heterocycles. The van der Waals surface area contributed by atoms with Crippen molar-refractivity contribution in [3.05, 3.63) is 63.7 Å². The molecule has 1 aromatic heterocycles. The molecule has 3 rings (SSSR count). The number of amides is 1. The molecular weight excluding hydrogens is 359 g/mol. The minimum atomic E-state index is -0.744. The number of rotatable bonds is 5. The lowest BCUT2D eigenvalue weighted by molar-refractivity contribution is -0.385. The smallest absolute Gasteiger partial charge is 0.282 e. The average Bonchev–Trinajstić information content (AvgIpc) is 3.08. The quantitative estimate of drug-likeness (QED) is 0.538. The van der Waals surface area contributed by atoms with Crippen molar-refractivity contribution in [1.82, 2.24) is 20.2 Å². The van der Waals surface area contributed by atoms with Crippen LogP contribution in [0.15, 0.2) is 36.4 Å². The van der Waals surface area contributed by atoms with E-state index in [1.165, 1.54) is 42.1 Å². The Morgan fingerprint density at radius 3 is 2.70 bits per heavy atom. The molecule has 0 aliphatic heterocycles. The van der Waals surface area contributed by atoms with Crippen LogP contribution in [0.25, 0.3) is 5.69 Å². The second-order valence-corrected chi connectivity index (χ2v) is 5.40. The molecule has 2 aromatic carbocycles. The van der Waals surface area contributed by atoms with Crippen molar-refractivity contribution in [3.63, 3.8) is 0 Å². The van der Waals surface area contributed by atoms with Crippen molar-refractivity contribution in [2.75, 3.05) is 12.4 Å². The van der Waals surface area contributed by atoms with Crippen molar-refractivity contribution in [1.29, 1.82) is 0 Å². The number of nitrogens with one attached hydrogen (secondary N) is 1. The summed E-state index contributed by atoms with van der Waals surface area (Å²) in [6.45, 7) is 1.59. The van der Waals surface area contributed by atoms with Crippen LogP contribution in [0.4, 0.5) is 15.8 Å². The van der Waals surface area contributed by atoms with E-state index < -0.39 is 16.6 Å². The van der Waals surface area contributed by atoms with Gasteiger partial charge in [0.1, 0.15) is 22.8 Å². The zero-order valence-corrected chi connectivity index (χ0v) is 14.2. The van der Waals surface area contributed by atoms with Gasteiger partial charge in [-0.2, -0.15) is 4.68 Å². The summed E-state index contributed by atoms with van der Waals surface area (Å²) in [6.07, 6.45) is 0. The van der Waals surface area contributed by atoms with E-state index in [0.717, 1.165) is 6.07 Å². The Kier molecular flexibility index (Phi) is 4.75. The van der Waals surface area contributed by atoms with Gasteiger partial charge in [-0.1, -0.05) is 0 Å². The number of aryl methyl sites for hydroxylation is 1. The minimum Gasteiger partial charge on any atom is -0.497 e. The predicted molar refractivity (Wildman–Crippen MR) is 91.5 cm³/mol. The lowest BCUT2D eigenvalue weighted by atomic mass is 10.1.